The molecule has 4 N–H and O–H groups in total. The average molecular weight is 650 g/mol. The maximum Gasteiger partial charge on any atom is 0.437 e. The maximum absolute atomic E-state index is 15.3. The molecule has 1 heterocycles. The summed E-state index contributed by atoms with van der Waals surface area (Å²) in [5.41, 5.74) is -0.0342. The van der Waals surface area contributed by atoms with Crippen LogP contribution in [0.2, 0.25) is 0 Å². The van der Waals surface area contributed by atoms with E-state index in [4.69, 9.17) is 14.3 Å². The number of nitrogens with zero attached hydrogens (tertiary/aromatic N) is 3. The molecule has 1 aromatic heterocycles. The molecular weight excluding hydrogens is 611 g/mol. The van der Waals surface area contributed by atoms with Crippen LogP contribution in [0.3, 0.4) is 0 Å². The highest BCUT2D eigenvalue weighted by Gasteiger charge is 2.33. The minimum absolute atomic E-state index is 0.144. The summed E-state index contributed by atoms with van der Waals surface area (Å²) < 4.78 is 54.7. The molecule has 0 spiro atoms. The van der Waals surface area contributed by atoms with E-state index in [1.54, 1.807) is 54.5 Å². The molecule has 0 saturated heterocycles. The number of halogens is 3. The number of alkyl carbamates (subject to hydrolysis) is 1. The molecule has 0 atom stereocenters. The number of aromatic nitrogens is 1. The van der Waals surface area contributed by atoms with Gasteiger partial charge in [0.1, 0.15) is 16.9 Å². The van der Waals surface area contributed by atoms with Crippen molar-refractivity contribution in [1.29, 1.82) is 5.26 Å². The zero-order valence-corrected chi connectivity index (χ0v) is 26.6. The van der Waals surface area contributed by atoms with Gasteiger partial charge in [-0.15, -0.1) is 4.99 Å². The molecule has 13 nitrogen and oxygen atoms in total. The summed E-state index contributed by atoms with van der Waals surface area (Å²) in [4.78, 5) is 49.3. The SMILES string of the molecule is Cc1ccc(C(F)(F)CNc2ccc(C#N)c(CC(=O)NCCON/C(=N\C(=O)OC(C)(C)C)NC(=O)OC(C)(C)C)c2F)nc1. The molecule has 16 heteroatoms. The van der Waals surface area contributed by atoms with Crippen LogP contribution in [0.5, 0.6) is 0 Å². The normalized spacial score (nSPS) is 12.1. The quantitative estimate of drug-likeness (QED) is 0.123. The smallest absolute Gasteiger partial charge is 0.437 e. The Morgan fingerprint density at radius 1 is 1.02 bits per heavy atom. The van der Waals surface area contributed by atoms with E-state index in [-0.39, 0.29) is 30.0 Å². The van der Waals surface area contributed by atoms with Gasteiger partial charge < -0.3 is 20.1 Å². The third kappa shape index (κ3) is 13.0. The number of benzene rings is 1. The Balaban J connectivity index is 1.99. The molecule has 0 aliphatic heterocycles. The van der Waals surface area contributed by atoms with Crippen molar-refractivity contribution >= 4 is 29.7 Å². The van der Waals surface area contributed by atoms with Crippen LogP contribution in [0, 0.1) is 24.1 Å². The monoisotopic (exact) mass is 649 g/mol. The van der Waals surface area contributed by atoms with Gasteiger partial charge in [-0.05, 0) is 72.2 Å². The van der Waals surface area contributed by atoms with Gasteiger partial charge in [0, 0.05) is 18.3 Å². The molecule has 0 fully saturated rings. The zero-order chi connectivity index (χ0) is 34.7. The highest BCUT2D eigenvalue weighted by molar-refractivity contribution is 5.98. The summed E-state index contributed by atoms with van der Waals surface area (Å²) >= 11 is 0. The first-order valence-corrected chi connectivity index (χ1v) is 14.0. The Hall–Kier alpha value is -4.91. The van der Waals surface area contributed by atoms with Crippen LogP contribution in [0.4, 0.5) is 28.4 Å². The summed E-state index contributed by atoms with van der Waals surface area (Å²) in [6.45, 7) is 10.1. The number of hydrogen-bond acceptors (Lipinski definition) is 9. The van der Waals surface area contributed by atoms with Gasteiger partial charge in [0.25, 0.3) is 0 Å². The average Bonchev–Trinajstić information content (AvgIpc) is 2.91. The molecule has 46 heavy (non-hydrogen) atoms. The van der Waals surface area contributed by atoms with Crippen LogP contribution in [0.1, 0.15) is 63.9 Å². The van der Waals surface area contributed by atoms with E-state index in [2.05, 4.69) is 31.4 Å². The number of anilines is 1. The van der Waals surface area contributed by atoms with Crippen molar-refractivity contribution < 1.29 is 41.9 Å². The van der Waals surface area contributed by atoms with Gasteiger partial charge in [-0.25, -0.2) is 19.5 Å². The van der Waals surface area contributed by atoms with E-state index in [0.717, 1.165) is 6.07 Å². The van der Waals surface area contributed by atoms with Crippen molar-refractivity contribution in [1.82, 2.24) is 21.1 Å². The lowest BCUT2D eigenvalue weighted by atomic mass is 10.0. The standard InChI is InChI=1S/C30H38F3N7O6/c1-18-8-11-22(36-16-18)30(32,33)17-37-21-10-9-19(15-34)20(24(21)31)14-23(41)35-12-13-44-40-25(38-26(42)45-28(2,3)4)39-27(43)46-29(5,6)7/h8-11,16,37H,12-14,17H2,1-7H3,(H,35,41)(H2,38,39,40,42,43). The number of nitriles is 1. The van der Waals surface area contributed by atoms with Gasteiger partial charge in [0.2, 0.25) is 11.9 Å². The Morgan fingerprint density at radius 3 is 2.28 bits per heavy atom. The number of rotatable bonds is 10. The summed E-state index contributed by atoms with van der Waals surface area (Å²) in [5.74, 6) is -5.63. The largest absolute Gasteiger partial charge is 0.444 e. The van der Waals surface area contributed by atoms with E-state index in [9.17, 15) is 28.4 Å². The highest BCUT2D eigenvalue weighted by atomic mass is 19.3. The van der Waals surface area contributed by atoms with Crippen molar-refractivity contribution in [2.45, 2.75) is 72.0 Å². The lowest BCUT2D eigenvalue weighted by molar-refractivity contribution is -0.120. The molecule has 0 unspecified atom stereocenters. The number of aryl methyl sites for hydroxylation is 1. The number of amides is 3. The van der Waals surface area contributed by atoms with Gasteiger partial charge in [-0.1, -0.05) is 6.07 Å². The van der Waals surface area contributed by atoms with Crippen molar-refractivity contribution in [3.8, 4) is 6.07 Å². The third-order valence-corrected chi connectivity index (χ3v) is 5.40. The number of pyridine rings is 1. The summed E-state index contributed by atoms with van der Waals surface area (Å²) in [6.07, 6.45) is -1.27. The Kier molecular flexibility index (Phi) is 12.9. The first-order valence-electron chi connectivity index (χ1n) is 14.0. The number of ether oxygens (including phenoxy) is 2. The fraction of sp³-hybridized carbons (Fsp3) is 0.467. The molecule has 2 aromatic rings. The number of carbonyl (C=O) groups is 3. The van der Waals surface area contributed by atoms with Crippen LogP contribution in [-0.2, 0) is 31.4 Å². The molecule has 0 radical (unpaired) electrons. The molecule has 0 aliphatic carbocycles. The van der Waals surface area contributed by atoms with E-state index >= 15 is 4.39 Å². The van der Waals surface area contributed by atoms with Crippen molar-refractivity contribution in [2.75, 3.05) is 25.0 Å². The Bertz CT molecular complexity index is 1460. The van der Waals surface area contributed by atoms with E-state index < -0.39 is 65.7 Å². The molecule has 2 rings (SSSR count). The van der Waals surface area contributed by atoms with Gasteiger partial charge in [0.15, 0.2) is 5.82 Å². The van der Waals surface area contributed by atoms with E-state index in [0.29, 0.717) is 5.56 Å². The van der Waals surface area contributed by atoms with Crippen LogP contribution in [0.15, 0.2) is 35.5 Å². The first-order chi connectivity index (χ1) is 21.3. The van der Waals surface area contributed by atoms with Gasteiger partial charge in [-0.2, -0.15) is 14.0 Å². The van der Waals surface area contributed by atoms with Crippen LogP contribution in [-0.4, -0.2) is 59.9 Å². The first kappa shape index (κ1) is 37.3. The fourth-order valence-corrected chi connectivity index (χ4v) is 3.45. The number of aliphatic imine (C=N–C) groups is 1. The van der Waals surface area contributed by atoms with E-state index in [1.165, 1.54) is 24.4 Å². The Morgan fingerprint density at radius 2 is 1.70 bits per heavy atom. The van der Waals surface area contributed by atoms with Gasteiger partial charge in [-0.3, -0.25) is 19.9 Å². The number of carbonyl (C=O) groups excluding carboxylic acids is 3. The summed E-state index contributed by atoms with van der Waals surface area (Å²) in [7, 11) is 0. The molecule has 0 aliphatic rings. The number of alkyl halides is 2. The molecule has 1 aromatic carbocycles. The summed E-state index contributed by atoms with van der Waals surface area (Å²) in [5, 5.41) is 16.4. The fourth-order valence-electron chi connectivity index (χ4n) is 3.45. The van der Waals surface area contributed by atoms with E-state index in [1.807, 2.05) is 0 Å². The molecule has 0 bridgehead atoms. The summed E-state index contributed by atoms with van der Waals surface area (Å²) in [6, 6.07) is 6.79. The maximum atomic E-state index is 15.3. The molecule has 3 amide bonds. The molecular formula is C30H38F3N7O6. The lowest BCUT2D eigenvalue weighted by Gasteiger charge is -2.21. The predicted octanol–water partition coefficient (Wildman–Crippen LogP) is 4.60. The van der Waals surface area contributed by atoms with Crippen molar-refractivity contribution in [3.63, 3.8) is 0 Å². The number of guanidine groups is 1. The second-order valence-corrected chi connectivity index (χ2v) is 11.9. The highest BCUT2D eigenvalue weighted by Crippen LogP contribution is 2.29. The number of hydroxylamine groups is 1. The van der Waals surface area contributed by atoms with Gasteiger partial charge in [0.05, 0.1) is 36.9 Å². The second-order valence-electron chi connectivity index (χ2n) is 11.9. The minimum atomic E-state index is -3.43. The topological polar surface area (TPSA) is 176 Å². The number of hydrogen-bond donors (Lipinski definition) is 4. The lowest BCUT2D eigenvalue weighted by Crippen LogP contribution is -2.45. The van der Waals surface area contributed by atoms with Crippen LogP contribution in [0.25, 0.3) is 0 Å². The zero-order valence-electron chi connectivity index (χ0n) is 26.6. The Labute approximate surface area is 264 Å². The van der Waals surface area contributed by atoms with Crippen LogP contribution >= 0.6 is 0 Å². The molecule has 250 valence electrons. The molecule has 0 saturated carbocycles. The van der Waals surface area contributed by atoms with Crippen LogP contribution < -0.4 is 21.4 Å². The number of nitrogens with one attached hydrogen (secondary N) is 4. The van der Waals surface area contributed by atoms with Gasteiger partial charge >= 0.3 is 18.1 Å². The van der Waals surface area contributed by atoms with Crippen molar-refractivity contribution in [3.05, 3.63) is 58.7 Å². The second kappa shape index (κ2) is 15.9. The van der Waals surface area contributed by atoms with Crippen molar-refractivity contribution in [2.24, 2.45) is 4.99 Å². The minimum Gasteiger partial charge on any atom is -0.444 e. The third-order valence-electron chi connectivity index (χ3n) is 5.40. The predicted molar refractivity (Wildman–Crippen MR) is 161 cm³/mol.